The second-order valence-electron chi connectivity index (χ2n) is 7.51. The Kier molecular flexibility index (Phi) is 5.49. The molecule has 1 aromatic heterocycles. The highest BCUT2D eigenvalue weighted by Crippen LogP contribution is 2.40. The summed E-state index contributed by atoms with van der Waals surface area (Å²) in [4.78, 5) is 15.4. The van der Waals surface area contributed by atoms with Crippen LogP contribution in [0.15, 0.2) is 24.3 Å². The summed E-state index contributed by atoms with van der Waals surface area (Å²) in [5.74, 6) is 1.68. The molecule has 2 heterocycles. The SMILES string of the molecule is COc1ccc(OC)c(C2CCCN2C(=O)c2cc(C)n(C(C)C)c2C)c1. The quantitative estimate of drug-likeness (QED) is 0.767. The van der Waals surface area contributed by atoms with Crippen LogP contribution in [0.3, 0.4) is 0 Å². The van der Waals surface area contributed by atoms with E-state index in [0.29, 0.717) is 6.04 Å². The van der Waals surface area contributed by atoms with E-state index in [4.69, 9.17) is 9.47 Å². The first kappa shape index (κ1) is 19.3. The van der Waals surface area contributed by atoms with Crippen LogP contribution >= 0.6 is 0 Å². The fourth-order valence-corrected chi connectivity index (χ4v) is 4.38. The predicted octanol–water partition coefficient (Wildman–Crippen LogP) is 4.68. The van der Waals surface area contributed by atoms with E-state index in [1.807, 2.05) is 36.1 Å². The number of aromatic nitrogens is 1. The van der Waals surface area contributed by atoms with Gasteiger partial charge in [-0.1, -0.05) is 0 Å². The van der Waals surface area contributed by atoms with E-state index in [-0.39, 0.29) is 11.9 Å². The first-order valence-corrected chi connectivity index (χ1v) is 9.60. The van der Waals surface area contributed by atoms with Crippen molar-refractivity contribution in [1.29, 1.82) is 0 Å². The van der Waals surface area contributed by atoms with Crippen LogP contribution in [-0.2, 0) is 0 Å². The Balaban J connectivity index is 1.98. The van der Waals surface area contributed by atoms with Crippen LogP contribution in [-0.4, -0.2) is 36.1 Å². The van der Waals surface area contributed by atoms with Crippen LogP contribution in [0.4, 0.5) is 0 Å². The molecule has 1 saturated heterocycles. The molecular formula is C22H30N2O3. The largest absolute Gasteiger partial charge is 0.497 e. The van der Waals surface area contributed by atoms with E-state index in [0.717, 1.165) is 53.4 Å². The summed E-state index contributed by atoms with van der Waals surface area (Å²) in [5, 5.41) is 0. The van der Waals surface area contributed by atoms with Gasteiger partial charge in [-0.15, -0.1) is 0 Å². The van der Waals surface area contributed by atoms with Crippen molar-refractivity contribution in [1.82, 2.24) is 9.47 Å². The number of amides is 1. The van der Waals surface area contributed by atoms with Crippen LogP contribution in [0.5, 0.6) is 11.5 Å². The first-order chi connectivity index (χ1) is 12.9. The predicted molar refractivity (Wildman–Crippen MR) is 107 cm³/mol. The molecule has 2 aromatic rings. The van der Waals surface area contributed by atoms with Crippen molar-refractivity contribution in [3.05, 3.63) is 46.8 Å². The van der Waals surface area contributed by atoms with Gasteiger partial charge in [0.2, 0.25) is 0 Å². The molecule has 5 heteroatoms. The topological polar surface area (TPSA) is 43.7 Å². The van der Waals surface area contributed by atoms with Crippen molar-refractivity contribution in [3.63, 3.8) is 0 Å². The number of hydrogen-bond donors (Lipinski definition) is 0. The van der Waals surface area contributed by atoms with Crippen LogP contribution in [0, 0.1) is 13.8 Å². The molecule has 1 aromatic carbocycles. The summed E-state index contributed by atoms with van der Waals surface area (Å²) >= 11 is 0. The highest BCUT2D eigenvalue weighted by molar-refractivity contribution is 5.96. The van der Waals surface area contributed by atoms with Gasteiger partial charge in [-0.2, -0.15) is 0 Å². The molecule has 146 valence electrons. The lowest BCUT2D eigenvalue weighted by Gasteiger charge is -2.27. The Bertz CT molecular complexity index is 838. The molecule has 1 aliphatic rings. The van der Waals surface area contributed by atoms with Crippen molar-refractivity contribution in [2.45, 2.75) is 52.6 Å². The summed E-state index contributed by atoms with van der Waals surface area (Å²) in [7, 11) is 3.33. The lowest BCUT2D eigenvalue weighted by Crippen LogP contribution is -2.31. The van der Waals surface area contributed by atoms with Gasteiger partial charge in [0.25, 0.3) is 5.91 Å². The van der Waals surface area contributed by atoms with Crippen molar-refractivity contribution in [2.24, 2.45) is 0 Å². The van der Waals surface area contributed by atoms with Gasteiger partial charge in [-0.05, 0) is 64.8 Å². The molecule has 0 saturated carbocycles. The standard InChI is InChI=1S/C22H30N2O3/c1-14(2)24-15(3)12-18(16(24)4)22(25)23-11-7-8-20(23)19-13-17(26-5)9-10-21(19)27-6/h9-10,12-14,20H,7-8,11H2,1-6H3. The normalized spacial score (nSPS) is 16.9. The van der Waals surface area contributed by atoms with Crippen molar-refractivity contribution >= 4 is 5.91 Å². The Labute approximate surface area is 161 Å². The lowest BCUT2D eigenvalue weighted by atomic mass is 10.0. The molecule has 1 amide bonds. The Morgan fingerprint density at radius 3 is 2.48 bits per heavy atom. The number of hydrogen-bond acceptors (Lipinski definition) is 3. The molecule has 0 radical (unpaired) electrons. The number of aryl methyl sites for hydroxylation is 1. The van der Waals surface area contributed by atoms with Crippen LogP contribution in [0.2, 0.25) is 0 Å². The second-order valence-corrected chi connectivity index (χ2v) is 7.51. The number of likely N-dealkylation sites (tertiary alicyclic amines) is 1. The molecule has 1 atom stereocenters. The summed E-state index contributed by atoms with van der Waals surface area (Å²) < 4.78 is 13.2. The molecule has 1 fully saturated rings. The summed E-state index contributed by atoms with van der Waals surface area (Å²) in [6, 6.07) is 8.16. The molecular weight excluding hydrogens is 340 g/mol. The zero-order valence-electron chi connectivity index (χ0n) is 17.2. The van der Waals surface area contributed by atoms with E-state index < -0.39 is 0 Å². The van der Waals surface area contributed by atoms with Gasteiger partial charge in [0, 0.05) is 29.5 Å². The Hall–Kier alpha value is -2.43. The van der Waals surface area contributed by atoms with Gasteiger partial charge in [-0.3, -0.25) is 4.79 Å². The van der Waals surface area contributed by atoms with Gasteiger partial charge >= 0.3 is 0 Å². The minimum Gasteiger partial charge on any atom is -0.497 e. The maximum Gasteiger partial charge on any atom is 0.256 e. The van der Waals surface area contributed by atoms with Crippen LogP contribution in [0.1, 0.15) is 66.1 Å². The monoisotopic (exact) mass is 370 g/mol. The molecule has 0 spiro atoms. The molecule has 1 unspecified atom stereocenters. The zero-order chi connectivity index (χ0) is 19.7. The van der Waals surface area contributed by atoms with Gasteiger partial charge < -0.3 is 18.9 Å². The number of carbonyl (C=O) groups excluding carboxylic acids is 1. The van der Waals surface area contributed by atoms with Crippen molar-refractivity contribution in [3.8, 4) is 11.5 Å². The van der Waals surface area contributed by atoms with Gasteiger partial charge in [-0.25, -0.2) is 0 Å². The number of benzene rings is 1. The van der Waals surface area contributed by atoms with E-state index >= 15 is 0 Å². The molecule has 5 nitrogen and oxygen atoms in total. The lowest BCUT2D eigenvalue weighted by molar-refractivity contribution is 0.0733. The van der Waals surface area contributed by atoms with E-state index in [1.54, 1.807) is 14.2 Å². The number of rotatable bonds is 5. The highest BCUT2D eigenvalue weighted by atomic mass is 16.5. The number of methoxy groups -OCH3 is 2. The second kappa shape index (κ2) is 7.67. The maximum absolute atomic E-state index is 13.4. The maximum atomic E-state index is 13.4. The van der Waals surface area contributed by atoms with Gasteiger partial charge in [0.05, 0.1) is 25.8 Å². The van der Waals surface area contributed by atoms with E-state index in [2.05, 4.69) is 25.3 Å². The molecule has 0 bridgehead atoms. The zero-order valence-corrected chi connectivity index (χ0v) is 17.2. The van der Waals surface area contributed by atoms with Crippen molar-refractivity contribution in [2.75, 3.05) is 20.8 Å². The molecule has 3 rings (SSSR count). The Morgan fingerprint density at radius 1 is 1.15 bits per heavy atom. The van der Waals surface area contributed by atoms with Crippen LogP contribution < -0.4 is 9.47 Å². The number of ether oxygens (including phenoxy) is 2. The molecule has 0 N–H and O–H groups in total. The van der Waals surface area contributed by atoms with E-state index in [9.17, 15) is 4.79 Å². The molecule has 27 heavy (non-hydrogen) atoms. The van der Waals surface area contributed by atoms with Gasteiger partial charge in [0.1, 0.15) is 11.5 Å². The number of carbonyl (C=O) groups is 1. The average Bonchev–Trinajstić information content (AvgIpc) is 3.24. The van der Waals surface area contributed by atoms with Crippen LogP contribution in [0.25, 0.3) is 0 Å². The summed E-state index contributed by atoms with van der Waals surface area (Å²) in [6.45, 7) is 9.16. The first-order valence-electron chi connectivity index (χ1n) is 9.60. The highest BCUT2D eigenvalue weighted by Gasteiger charge is 2.34. The number of nitrogens with zero attached hydrogens (tertiary/aromatic N) is 2. The third-order valence-corrected chi connectivity index (χ3v) is 5.54. The molecule has 0 aliphatic carbocycles. The van der Waals surface area contributed by atoms with Crippen molar-refractivity contribution < 1.29 is 14.3 Å². The summed E-state index contributed by atoms with van der Waals surface area (Å²) in [5.41, 5.74) is 3.98. The third-order valence-electron chi connectivity index (χ3n) is 5.54. The van der Waals surface area contributed by atoms with Gasteiger partial charge in [0.15, 0.2) is 0 Å². The fourth-order valence-electron chi connectivity index (χ4n) is 4.38. The molecule has 1 aliphatic heterocycles. The Morgan fingerprint density at radius 2 is 1.89 bits per heavy atom. The minimum atomic E-state index is 0.00431. The van der Waals surface area contributed by atoms with E-state index in [1.165, 1.54) is 0 Å². The fraction of sp³-hybridized carbons (Fsp3) is 0.500. The third kappa shape index (κ3) is 3.43. The minimum absolute atomic E-state index is 0.00431. The summed E-state index contributed by atoms with van der Waals surface area (Å²) in [6.07, 6.45) is 1.91. The smallest absolute Gasteiger partial charge is 0.256 e. The average molecular weight is 370 g/mol.